The number of hydrogen-bond acceptors (Lipinski definition) is 3. The Kier molecular flexibility index (Phi) is 4.14. The molecule has 0 bridgehead atoms. The summed E-state index contributed by atoms with van der Waals surface area (Å²) in [6.45, 7) is 0. The van der Waals surface area contributed by atoms with Crippen LogP contribution in [0.1, 0.15) is 15.2 Å². The highest BCUT2D eigenvalue weighted by Gasteiger charge is 2.14. The molecule has 18 heavy (non-hydrogen) atoms. The Bertz CT molecular complexity index is 580. The standard InChI is InChI=1S/C13H10BrFO2S/c1-17-11-4-2-3-8(13(11)15)5-10(16)12-6-9(14)7-18-12/h2-4,6-7H,5H2,1H3. The van der Waals surface area contributed by atoms with Crippen LogP contribution in [0.4, 0.5) is 4.39 Å². The van der Waals surface area contributed by atoms with Crippen LogP contribution in [0.3, 0.4) is 0 Å². The fourth-order valence-corrected chi connectivity index (χ4v) is 2.94. The van der Waals surface area contributed by atoms with Gasteiger partial charge in [0, 0.05) is 16.3 Å². The molecule has 0 amide bonds. The molecule has 1 aromatic heterocycles. The average molecular weight is 329 g/mol. The molecule has 0 radical (unpaired) electrons. The molecule has 2 aromatic rings. The number of hydrogen-bond donors (Lipinski definition) is 0. The van der Waals surface area contributed by atoms with Crippen molar-refractivity contribution < 1.29 is 13.9 Å². The van der Waals surface area contributed by atoms with Gasteiger partial charge in [-0.25, -0.2) is 4.39 Å². The predicted molar refractivity (Wildman–Crippen MR) is 73.0 cm³/mol. The van der Waals surface area contributed by atoms with Gasteiger partial charge in [-0.1, -0.05) is 12.1 Å². The van der Waals surface area contributed by atoms with E-state index in [4.69, 9.17) is 4.74 Å². The van der Waals surface area contributed by atoms with E-state index in [0.717, 1.165) is 4.47 Å². The van der Waals surface area contributed by atoms with Crippen molar-refractivity contribution in [3.8, 4) is 5.75 Å². The molecule has 0 aliphatic carbocycles. The Morgan fingerprint density at radius 1 is 1.50 bits per heavy atom. The quantitative estimate of drug-likeness (QED) is 0.790. The first kappa shape index (κ1) is 13.2. The predicted octanol–water partition coefficient (Wildman–Crippen LogP) is 4.08. The number of carbonyl (C=O) groups excluding carboxylic acids is 1. The average Bonchev–Trinajstić information content (AvgIpc) is 2.78. The number of Topliss-reactive ketones (excluding diaryl/α,β-unsaturated/α-hetero) is 1. The second-order valence-corrected chi connectivity index (χ2v) is 5.49. The van der Waals surface area contributed by atoms with E-state index in [9.17, 15) is 9.18 Å². The van der Waals surface area contributed by atoms with E-state index >= 15 is 0 Å². The fourth-order valence-electron chi connectivity index (χ4n) is 1.57. The third-order valence-corrected chi connectivity index (χ3v) is 4.19. The van der Waals surface area contributed by atoms with Crippen LogP contribution < -0.4 is 4.74 Å². The first-order valence-corrected chi connectivity index (χ1v) is 6.87. The van der Waals surface area contributed by atoms with Crippen molar-refractivity contribution >= 4 is 33.0 Å². The smallest absolute Gasteiger partial charge is 0.177 e. The summed E-state index contributed by atoms with van der Waals surface area (Å²) in [6.07, 6.45) is 0.0377. The lowest BCUT2D eigenvalue weighted by Gasteiger charge is -2.06. The molecule has 1 heterocycles. The van der Waals surface area contributed by atoms with Crippen molar-refractivity contribution in [2.75, 3.05) is 7.11 Å². The Hall–Kier alpha value is -1.20. The van der Waals surface area contributed by atoms with E-state index in [2.05, 4.69) is 15.9 Å². The van der Waals surface area contributed by atoms with Gasteiger partial charge in [-0.15, -0.1) is 11.3 Å². The fraction of sp³-hybridized carbons (Fsp3) is 0.154. The normalized spacial score (nSPS) is 10.4. The summed E-state index contributed by atoms with van der Waals surface area (Å²) in [5.74, 6) is -0.408. The van der Waals surface area contributed by atoms with Crippen LogP contribution in [0.15, 0.2) is 34.1 Å². The second-order valence-electron chi connectivity index (χ2n) is 3.66. The molecule has 94 valence electrons. The SMILES string of the molecule is COc1cccc(CC(=O)c2cc(Br)cs2)c1F. The maximum atomic E-state index is 13.9. The molecular formula is C13H10BrFO2S. The largest absolute Gasteiger partial charge is 0.494 e. The summed E-state index contributed by atoms with van der Waals surface area (Å²) in [5.41, 5.74) is 0.351. The lowest BCUT2D eigenvalue weighted by molar-refractivity contribution is 0.0995. The minimum absolute atomic E-state index is 0.0377. The third kappa shape index (κ3) is 2.79. The number of carbonyl (C=O) groups is 1. The van der Waals surface area contributed by atoms with E-state index in [1.807, 2.05) is 5.38 Å². The van der Waals surface area contributed by atoms with E-state index in [0.29, 0.717) is 10.4 Å². The minimum Gasteiger partial charge on any atom is -0.494 e. The molecule has 0 spiro atoms. The van der Waals surface area contributed by atoms with Crippen molar-refractivity contribution in [2.24, 2.45) is 0 Å². The zero-order valence-electron chi connectivity index (χ0n) is 9.57. The van der Waals surface area contributed by atoms with Crippen molar-refractivity contribution in [3.05, 3.63) is 50.4 Å². The van der Waals surface area contributed by atoms with Crippen LogP contribution in [-0.4, -0.2) is 12.9 Å². The second kappa shape index (κ2) is 5.63. The van der Waals surface area contributed by atoms with Crippen LogP contribution in [0, 0.1) is 5.82 Å². The van der Waals surface area contributed by atoms with Gasteiger partial charge in [-0.3, -0.25) is 4.79 Å². The van der Waals surface area contributed by atoms with Crippen LogP contribution in [0.2, 0.25) is 0 Å². The summed E-state index contributed by atoms with van der Waals surface area (Å²) < 4.78 is 19.6. The maximum Gasteiger partial charge on any atom is 0.177 e. The number of methoxy groups -OCH3 is 1. The maximum absolute atomic E-state index is 13.9. The molecule has 0 aliphatic rings. The van der Waals surface area contributed by atoms with Gasteiger partial charge < -0.3 is 4.74 Å². The molecule has 2 rings (SSSR count). The van der Waals surface area contributed by atoms with Crippen LogP contribution in [-0.2, 0) is 6.42 Å². The molecule has 0 fully saturated rings. The highest BCUT2D eigenvalue weighted by atomic mass is 79.9. The van der Waals surface area contributed by atoms with Gasteiger partial charge >= 0.3 is 0 Å². The van der Waals surface area contributed by atoms with Gasteiger partial charge in [0.1, 0.15) is 0 Å². The number of ether oxygens (including phenoxy) is 1. The van der Waals surface area contributed by atoms with E-state index in [-0.39, 0.29) is 18.0 Å². The Morgan fingerprint density at radius 3 is 2.89 bits per heavy atom. The molecule has 0 saturated heterocycles. The zero-order valence-corrected chi connectivity index (χ0v) is 12.0. The van der Waals surface area contributed by atoms with E-state index < -0.39 is 5.82 Å². The summed E-state index contributed by atoms with van der Waals surface area (Å²) >= 11 is 4.63. The van der Waals surface area contributed by atoms with Gasteiger partial charge in [0.2, 0.25) is 0 Å². The molecular weight excluding hydrogens is 319 g/mol. The highest BCUT2D eigenvalue weighted by molar-refractivity contribution is 9.10. The number of halogens is 2. The third-order valence-electron chi connectivity index (χ3n) is 2.46. The van der Waals surface area contributed by atoms with Crippen molar-refractivity contribution in [1.82, 2.24) is 0 Å². The number of thiophene rings is 1. The molecule has 0 aliphatic heterocycles. The minimum atomic E-state index is -0.469. The zero-order chi connectivity index (χ0) is 13.1. The lowest BCUT2D eigenvalue weighted by atomic mass is 10.1. The molecule has 0 N–H and O–H groups in total. The van der Waals surface area contributed by atoms with Gasteiger partial charge in [-0.2, -0.15) is 0 Å². The van der Waals surface area contributed by atoms with Gasteiger partial charge in [-0.05, 0) is 33.6 Å². The Labute approximate surface area is 117 Å². The summed E-state index contributed by atoms with van der Waals surface area (Å²) in [7, 11) is 1.40. The molecule has 5 heteroatoms. The van der Waals surface area contributed by atoms with Gasteiger partial charge in [0.15, 0.2) is 17.3 Å². The summed E-state index contributed by atoms with van der Waals surface area (Å²) in [6, 6.07) is 6.55. The van der Waals surface area contributed by atoms with E-state index in [1.165, 1.54) is 24.5 Å². The number of ketones is 1. The van der Waals surface area contributed by atoms with Crippen LogP contribution >= 0.6 is 27.3 Å². The Morgan fingerprint density at radius 2 is 2.28 bits per heavy atom. The van der Waals surface area contributed by atoms with Gasteiger partial charge in [0.05, 0.1) is 12.0 Å². The van der Waals surface area contributed by atoms with E-state index in [1.54, 1.807) is 18.2 Å². The summed E-state index contributed by atoms with van der Waals surface area (Å²) in [5, 5.41) is 1.83. The molecule has 0 saturated carbocycles. The van der Waals surface area contributed by atoms with Crippen molar-refractivity contribution in [3.63, 3.8) is 0 Å². The lowest BCUT2D eigenvalue weighted by Crippen LogP contribution is -2.04. The molecule has 2 nitrogen and oxygen atoms in total. The van der Waals surface area contributed by atoms with Crippen LogP contribution in [0.5, 0.6) is 5.75 Å². The van der Waals surface area contributed by atoms with Gasteiger partial charge in [0.25, 0.3) is 0 Å². The molecule has 0 atom stereocenters. The number of rotatable bonds is 4. The first-order valence-electron chi connectivity index (χ1n) is 5.20. The molecule has 0 unspecified atom stereocenters. The van der Waals surface area contributed by atoms with Crippen LogP contribution in [0.25, 0.3) is 0 Å². The molecule has 1 aromatic carbocycles. The highest BCUT2D eigenvalue weighted by Crippen LogP contribution is 2.24. The first-order chi connectivity index (χ1) is 8.61. The topological polar surface area (TPSA) is 26.3 Å². The Balaban J connectivity index is 2.22. The monoisotopic (exact) mass is 328 g/mol. The van der Waals surface area contributed by atoms with Crippen molar-refractivity contribution in [2.45, 2.75) is 6.42 Å². The van der Waals surface area contributed by atoms with Crippen molar-refractivity contribution in [1.29, 1.82) is 0 Å². The number of benzene rings is 1. The summed E-state index contributed by atoms with van der Waals surface area (Å²) in [4.78, 5) is 12.6.